The molecule has 2 aromatic rings. The van der Waals surface area contributed by atoms with Crippen LogP contribution in [0.1, 0.15) is 16.8 Å². The molecule has 0 saturated carbocycles. The Morgan fingerprint density at radius 3 is 2.31 bits per heavy atom. The predicted molar refractivity (Wildman–Crippen MR) is 61.7 cm³/mol. The summed E-state index contributed by atoms with van der Waals surface area (Å²) in [7, 11) is 0. The summed E-state index contributed by atoms with van der Waals surface area (Å²) < 4.78 is 0. The number of rotatable bonds is 1. The van der Waals surface area contributed by atoms with Crippen LogP contribution in [0.5, 0.6) is 0 Å². The van der Waals surface area contributed by atoms with Gasteiger partial charge in [-0.3, -0.25) is 0 Å². The number of benzene rings is 1. The van der Waals surface area contributed by atoms with Crippen molar-refractivity contribution >= 4 is 0 Å². The molecular weight excluding hydrogens is 198 g/mol. The van der Waals surface area contributed by atoms with Gasteiger partial charge in [0.05, 0.1) is 5.69 Å². The van der Waals surface area contributed by atoms with Crippen molar-refractivity contribution in [2.75, 3.05) is 0 Å². The van der Waals surface area contributed by atoms with Gasteiger partial charge in [-0.1, -0.05) is 17.2 Å². The Labute approximate surface area is 94.4 Å². The Hall–Kier alpha value is -2.21. The Bertz CT molecular complexity index is 547. The smallest absolute Gasteiger partial charge is 0.144 e. The molecule has 0 saturated heterocycles. The monoisotopic (exact) mass is 209 g/mol. The number of hydrogen-bond acceptors (Lipinski definition) is 3. The van der Waals surface area contributed by atoms with E-state index in [1.165, 1.54) is 17.5 Å². The number of hydrogen-bond donors (Lipinski definition) is 0. The van der Waals surface area contributed by atoms with E-state index in [2.05, 4.69) is 28.2 Å². The SMILES string of the molecule is Cc1cc(C)cc(-c2cc(C#N)ncn2)c1. The minimum absolute atomic E-state index is 0.393. The lowest BCUT2D eigenvalue weighted by Gasteiger charge is -2.04. The van der Waals surface area contributed by atoms with Crippen molar-refractivity contribution in [1.29, 1.82) is 5.26 Å². The Morgan fingerprint density at radius 2 is 1.69 bits per heavy atom. The first-order valence-corrected chi connectivity index (χ1v) is 5.00. The molecule has 1 aromatic heterocycles. The zero-order valence-corrected chi connectivity index (χ0v) is 9.23. The molecule has 0 aliphatic rings. The van der Waals surface area contributed by atoms with Crippen LogP contribution in [0.15, 0.2) is 30.6 Å². The fourth-order valence-electron chi connectivity index (χ4n) is 1.70. The lowest BCUT2D eigenvalue weighted by atomic mass is 10.0. The third-order valence-corrected chi connectivity index (χ3v) is 2.30. The molecule has 0 unspecified atom stereocenters. The molecule has 0 amide bonds. The molecule has 0 aliphatic carbocycles. The van der Waals surface area contributed by atoms with Crippen LogP contribution in [-0.4, -0.2) is 9.97 Å². The van der Waals surface area contributed by atoms with Gasteiger partial charge in [-0.25, -0.2) is 9.97 Å². The third kappa shape index (κ3) is 2.06. The van der Waals surface area contributed by atoms with Crippen molar-refractivity contribution in [3.05, 3.63) is 47.4 Å². The van der Waals surface area contributed by atoms with Crippen LogP contribution in [0.4, 0.5) is 0 Å². The van der Waals surface area contributed by atoms with Gasteiger partial charge in [0.1, 0.15) is 18.1 Å². The summed E-state index contributed by atoms with van der Waals surface area (Å²) in [6, 6.07) is 9.93. The molecule has 0 radical (unpaired) electrons. The zero-order chi connectivity index (χ0) is 11.5. The average molecular weight is 209 g/mol. The average Bonchev–Trinajstić information content (AvgIpc) is 2.28. The van der Waals surface area contributed by atoms with E-state index in [1.54, 1.807) is 6.07 Å². The van der Waals surface area contributed by atoms with Gasteiger partial charge in [-0.15, -0.1) is 0 Å². The first kappa shape index (κ1) is 10.3. The van der Waals surface area contributed by atoms with Gasteiger partial charge in [-0.05, 0) is 26.0 Å². The highest BCUT2D eigenvalue weighted by Gasteiger charge is 2.02. The standard InChI is InChI=1S/C13H11N3/c1-9-3-10(2)5-11(4-9)13-6-12(7-14)15-8-16-13/h3-6,8H,1-2H3. The minimum atomic E-state index is 0.393. The molecule has 0 fully saturated rings. The molecule has 2 rings (SSSR count). The quantitative estimate of drug-likeness (QED) is 0.725. The second kappa shape index (κ2) is 4.11. The maximum atomic E-state index is 8.78. The fraction of sp³-hybridized carbons (Fsp3) is 0.154. The largest absolute Gasteiger partial charge is 0.236 e. The topological polar surface area (TPSA) is 49.6 Å². The molecule has 16 heavy (non-hydrogen) atoms. The van der Waals surface area contributed by atoms with E-state index in [0.717, 1.165) is 11.3 Å². The van der Waals surface area contributed by atoms with Crippen LogP contribution in [0.2, 0.25) is 0 Å². The van der Waals surface area contributed by atoms with Crippen molar-refractivity contribution in [2.45, 2.75) is 13.8 Å². The van der Waals surface area contributed by atoms with E-state index in [0.29, 0.717) is 5.69 Å². The lowest BCUT2D eigenvalue weighted by Crippen LogP contribution is -1.90. The highest BCUT2D eigenvalue weighted by Crippen LogP contribution is 2.20. The second-order valence-electron chi connectivity index (χ2n) is 3.78. The Kier molecular flexibility index (Phi) is 2.65. The van der Waals surface area contributed by atoms with Crippen LogP contribution in [0.25, 0.3) is 11.3 Å². The maximum absolute atomic E-state index is 8.78. The van der Waals surface area contributed by atoms with E-state index in [-0.39, 0.29) is 0 Å². The summed E-state index contributed by atoms with van der Waals surface area (Å²) >= 11 is 0. The van der Waals surface area contributed by atoms with E-state index in [1.807, 2.05) is 19.9 Å². The first-order chi connectivity index (χ1) is 7.69. The molecule has 0 atom stereocenters. The highest BCUT2D eigenvalue weighted by atomic mass is 14.8. The molecule has 1 aromatic carbocycles. The number of aromatic nitrogens is 2. The van der Waals surface area contributed by atoms with Crippen molar-refractivity contribution in [2.24, 2.45) is 0 Å². The van der Waals surface area contributed by atoms with Gasteiger partial charge in [0.25, 0.3) is 0 Å². The zero-order valence-electron chi connectivity index (χ0n) is 9.23. The first-order valence-electron chi connectivity index (χ1n) is 5.00. The summed E-state index contributed by atoms with van der Waals surface area (Å²) in [6.45, 7) is 4.09. The van der Waals surface area contributed by atoms with Gasteiger partial charge in [0.2, 0.25) is 0 Å². The van der Waals surface area contributed by atoms with Gasteiger partial charge >= 0.3 is 0 Å². The van der Waals surface area contributed by atoms with Crippen LogP contribution in [0, 0.1) is 25.2 Å². The normalized spacial score (nSPS) is 9.81. The molecule has 78 valence electrons. The van der Waals surface area contributed by atoms with Crippen molar-refractivity contribution < 1.29 is 0 Å². The van der Waals surface area contributed by atoms with Crippen molar-refractivity contribution in [3.8, 4) is 17.3 Å². The molecule has 3 nitrogen and oxygen atoms in total. The molecule has 1 heterocycles. The van der Waals surface area contributed by atoms with E-state index >= 15 is 0 Å². The van der Waals surface area contributed by atoms with Gasteiger partial charge in [-0.2, -0.15) is 5.26 Å². The molecule has 3 heteroatoms. The molecule has 0 N–H and O–H groups in total. The molecular formula is C13H11N3. The summed E-state index contributed by atoms with van der Waals surface area (Å²) in [4.78, 5) is 8.03. The number of nitrogens with zero attached hydrogens (tertiary/aromatic N) is 3. The Balaban J connectivity index is 2.54. The van der Waals surface area contributed by atoms with E-state index in [9.17, 15) is 0 Å². The maximum Gasteiger partial charge on any atom is 0.144 e. The summed E-state index contributed by atoms with van der Waals surface area (Å²) in [5.41, 5.74) is 4.58. The fourth-order valence-corrected chi connectivity index (χ4v) is 1.70. The summed E-state index contributed by atoms with van der Waals surface area (Å²) in [6.07, 6.45) is 1.42. The summed E-state index contributed by atoms with van der Waals surface area (Å²) in [5, 5.41) is 8.78. The number of nitriles is 1. The van der Waals surface area contributed by atoms with Crippen LogP contribution in [0.3, 0.4) is 0 Å². The van der Waals surface area contributed by atoms with Crippen LogP contribution in [-0.2, 0) is 0 Å². The molecule has 0 aliphatic heterocycles. The van der Waals surface area contributed by atoms with Crippen molar-refractivity contribution in [3.63, 3.8) is 0 Å². The van der Waals surface area contributed by atoms with E-state index < -0.39 is 0 Å². The second-order valence-corrected chi connectivity index (χ2v) is 3.78. The van der Waals surface area contributed by atoms with Gasteiger partial charge in [0, 0.05) is 11.6 Å². The van der Waals surface area contributed by atoms with Gasteiger partial charge in [0.15, 0.2) is 0 Å². The van der Waals surface area contributed by atoms with Crippen LogP contribution < -0.4 is 0 Å². The Morgan fingerprint density at radius 1 is 1.00 bits per heavy atom. The lowest BCUT2D eigenvalue weighted by molar-refractivity contribution is 1.14. The van der Waals surface area contributed by atoms with E-state index in [4.69, 9.17) is 5.26 Å². The van der Waals surface area contributed by atoms with Gasteiger partial charge < -0.3 is 0 Å². The third-order valence-electron chi connectivity index (χ3n) is 2.30. The van der Waals surface area contributed by atoms with Crippen molar-refractivity contribution in [1.82, 2.24) is 9.97 Å². The molecule has 0 bridgehead atoms. The predicted octanol–water partition coefficient (Wildman–Crippen LogP) is 2.63. The highest BCUT2D eigenvalue weighted by molar-refractivity contribution is 5.61. The minimum Gasteiger partial charge on any atom is -0.236 e. The van der Waals surface area contributed by atoms with Crippen LogP contribution >= 0.6 is 0 Å². The molecule has 0 spiro atoms. The number of aryl methyl sites for hydroxylation is 2. The summed E-state index contributed by atoms with van der Waals surface area (Å²) in [5.74, 6) is 0.